The van der Waals surface area contributed by atoms with Gasteiger partial charge >= 0.3 is 0 Å². The van der Waals surface area contributed by atoms with Crippen LogP contribution in [0.15, 0.2) is 66.7 Å². The van der Waals surface area contributed by atoms with Crippen molar-refractivity contribution in [2.45, 2.75) is 70.7 Å². The average Bonchev–Trinajstić information content (AvgIpc) is 3.57. The first-order valence-electron chi connectivity index (χ1n) is 13.1. The maximum Gasteiger partial charge on any atom is 0.227 e. The summed E-state index contributed by atoms with van der Waals surface area (Å²) in [6, 6.07) is 23.8. The van der Waals surface area contributed by atoms with E-state index in [0.717, 1.165) is 41.4 Å². The normalized spacial score (nSPS) is 29.8. The third kappa shape index (κ3) is 3.87. The van der Waals surface area contributed by atoms with Gasteiger partial charge in [0.2, 0.25) is 6.29 Å². The fourth-order valence-electron chi connectivity index (χ4n) is 7.18. The number of ether oxygens (including phenoxy) is 2. The van der Waals surface area contributed by atoms with Crippen molar-refractivity contribution in [1.82, 2.24) is 0 Å². The Labute approximate surface area is 198 Å². The molecule has 7 unspecified atom stereocenters. The molecule has 0 aliphatic heterocycles. The Morgan fingerprint density at radius 2 is 1.64 bits per heavy atom. The summed E-state index contributed by atoms with van der Waals surface area (Å²) in [5, 5.41) is 2.46. The molecule has 3 aromatic carbocycles. The van der Waals surface area contributed by atoms with Gasteiger partial charge in [0.25, 0.3) is 0 Å². The largest absolute Gasteiger partial charge is 0.461 e. The summed E-state index contributed by atoms with van der Waals surface area (Å²) >= 11 is 0. The van der Waals surface area contributed by atoms with E-state index >= 15 is 0 Å². The van der Waals surface area contributed by atoms with E-state index in [-0.39, 0.29) is 6.29 Å². The minimum atomic E-state index is -0.380. The maximum absolute atomic E-state index is 6.93. The van der Waals surface area contributed by atoms with Crippen LogP contribution in [0.4, 0.5) is 0 Å². The van der Waals surface area contributed by atoms with Crippen LogP contribution < -0.4 is 4.74 Å². The lowest BCUT2D eigenvalue weighted by atomic mass is 9.80. The summed E-state index contributed by atoms with van der Waals surface area (Å²) in [6.07, 6.45) is 7.93. The first kappa shape index (κ1) is 21.2. The van der Waals surface area contributed by atoms with Crippen LogP contribution in [0.25, 0.3) is 10.8 Å². The summed E-state index contributed by atoms with van der Waals surface area (Å²) in [7, 11) is 0. The molecule has 0 N–H and O–H groups in total. The second kappa shape index (κ2) is 8.80. The molecule has 0 radical (unpaired) electrons. The zero-order valence-corrected chi connectivity index (χ0v) is 20.0. The zero-order valence-electron chi connectivity index (χ0n) is 20.0. The Bertz CT molecular complexity index is 1100. The number of benzene rings is 3. The zero-order chi connectivity index (χ0) is 22.4. The maximum atomic E-state index is 6.93. The quantitative estimate of drug-likeness (QED) is 0.344. The summed E-state index contributed by atoms with van der Waals surface area (Å²) in [6.45, 7) is 4.52. The summed E-state index contributed by atoms with van der Waals surface area (Å²) in [5.74, 6) is 4.91. The van der Waals surface area contributed by atoms with E-state index in [9.17, 15) is 0 Å². The van der Waals surface area contributed by atoms with Crippen LogP contribution in [0.3, 0.4) is 0 Å². The van der Waals surface area contributed by atoms with Gasteiger partial charge in [-0.1, -0.05) is 74.9 Å². The number of fused-ring (bicyclic) bond motifs is 6. The smallest absolute Gasteiger partial charge is 0.227 e. The van der Waals surface area contributed by atoms with Crippen molar-refractivity contribution in [1.29, 1.82) is 0 Å². The second-order valence-electron chi connectivity index (χ2n) is 10.7. The van der Waals surface area contributed by atoms with Gasteiger partial charge in [0, 0.05) is 5.56 Å². The molecule has 0 aromatic heterocycles. The summed E-state index contributed by atoms with van der Waals surface area (Å²) in [4.78, 5) is 0. The molecule has 2 heteroatoms. The molecule has 0 saturated heterocycles. The Kier molecular flexibility index (Phi) is 5.66. The van der Waals surface area contributed by atoms with Crippen molar-refractivity contribution in [2.24, 2.45) is 23.7 Å². The highest BCUT2D eigenvalue weighted by molar-refractivity contribution is 5.85. The Morgan fingerprint density at radius 3 is 2.48 bits per heavy atom. The van der Waals surface area contributed by atoms with E-state index in [0.29, 0.717) is 12.0 Å². The third-order valence-corrected chi connectivity index (χ3v) is 9.05. The fourth-order valence-corrected chi connectivity index (χ4v) is 7.18. The molecule has 33 heavy (non-hydrogen) atoms. The highest BCUT2D eigenvalue weighted by Crippen LogP contribution is 2.60. The predicted octanol–water partition coefficient (Wildman–Crippen LogP) is 8.27. The Balaban J connectivity index is 1.30. The SMILES string of the molecule is CCC(C)c1ccc(OC(OC2CC3CC2C2CCCC32)c2cccc3ccccc23)cc1. The van der Waals surface area contributed by atoms with Gasteiger partial charge in [-0.2, -0.15) is 0 Å². The van der Waals surface area contributed by atoms with Gasteiger partial charge in [0.05, 0.1) is 6.10 Å². The third-order valence-electron chi connectivity index (χ3n) is 9.05. The standard InChI is InChI=1S/C31H36O2/c1-3-20(2)21-14-16-24(17-15-21)32-31(28-13-6-9-22-8-4-5-10-25(22)28)33-30-19-23-18-29(30)27-12-7-11-26(23)27/h4-6,8-10,13-17,20,23,26-27,29-31H,3,7,11-12,18-19H2,1-2H3. The molecular weight excluding hydrogens is 404 g/mol. The van der Waals surface area contributed by atoms with Crippen molar-refractivity contribution in [2.75, 3.05) is 0 Å². The van der Waals surface area contributed by atoms with E-state index < -0.39 is 0 Å². The number of hydrogen-bond donors (Lipinski definition) is 0. The van der Waals surface area contributed by atoms with E-state index in [4.69, 9.17) is 9.47 Å². The van der Waals surface area contributed by atoms with Crippen LogP contribution in [0.2, 0.25) is 0 Å². The lowest BCUT2D eigenvalue weighted by Gasteiger charge is -2.34. The van der Waals surface area contributed by atoms with Gasteiger partial charge in [-0.25, -0.2) is 0 Å². The topological polar surface area (TPSA) is 18.5 Å². The van der Waals surface area contributed by atoms with Gasteiger partial charge in [0.15, 0.2) is 0 Å². The molecule has 0 spiro atoms. The van der Waals surface area contributed by atoms with E-state index in [1.54, 1.807) is 0 Å². The highest BCUT2D eigenvalue weighted by atomic mass is 16.7. The number of rotatable bonds is 7. The van der Waals surface area contributed by atoms with Crippen molar-refractivity contribution < 1.29 is 9.47 Å². The lowest BCUT2D eigenvalue weighted by Crippen LogP contribution is -2.32. The number of hydrogen-bond acceptors (Lipinski definition) is 2. The van der Waals surface area contributed by atoms with Gasteiger partial charge in [-0.05, 0) is 90.2 Å². The first-order chi connectivity index (χ1) is 16.2. The van der Waals surface area contributed by atoms with Crippen LogP contribution in [-0.4, -0.2) is 6.10 Å². The van der Waals surface area contributed by atoms with Crippen LogP contribution in [0.5, 0.6) is 5.75 Å². The van der Waals surface area contributed by atoms with Crippen molar-refractivity contribution in [3.63, 3.8) is 0 Å². The van der Waals surface area contributed by atoms with E-state index in [1.165, 1.54) is 48.4 Å². The summed E-state index contributed by atoms with van der Waals surface area (Å²) < 4.78 is 13.6. The molecule has 3 aromatic rings. The molecule has 2 nitrogen and oxygen atoms in total. The molecule has 3 aliphatic carbocycles. The Morgan fingerprint density at radius 1 is 0.848 bits per heavy atom. The average molecular weight is 441 g/mol. The highest BCUT2D eigenvalue weighted by Gasteiger charge is 2.54. The van der Waals surface area contributed by atoms with Crippen LogP contribution >= 0.6 is 0 Å². The van der Waals surface area contributed by atoms with Gasteiger partial charge in [0.1, 0.15) is 5.75 Å². The van der Waals surface area contributed by atoms with Crippen molar-refractivity contribution >= 4 is 10.8 Å². The second-order valence-corrected chi connectivity index (χ2v) is 10.7. The van der Waals surface area contributed by atoms with Crippen LogP contribution in [-0.2, 0) is 4.74 Å². The minimum Gasteiger partial charge on any atom is -0.461 e. The molecule has 0 heterocycles. The molecule has 2 bridgehead atoms. The monoisotopic (exact) mass is 440 g/mol. The van der Waals surface area contributed by atoms with Gasteiger partial charge in [-0.15, -0.1) is 0 Å². The van der Waals surface area contributed by atoms with Crippen LogP contribution in [0, 0.1) is 23.7 Å². The lowest BCUT2D eigenvalue weighted by molar-refractivity contribution is -0.145. The van der Waals surface area contributed by atoms with Crippen molar-refractivity contribution in [3.05, 3.63) is 77.9 Å². The van der Waals surface area contributed by atoms with Crippen molar-refractivity contribution in [3.8, 4) is 5.75 Å². The Hall–Kier alpha value is -2.32. The first-order valence-corrected chi connectivity index (χ1v) is 13.1. The minimum absolute atomic E-state index is 0.317. The van der Waals surface area contributed by atoms with Crippen LogP contribution in [0.1, 0.15) is 75.7 Å². The fraction of sp³-hybridized carbons (Fsp3) is 0.484. The molecule has 6 rings (SSSR count). The molecule has 3 saturated carbocycles. The predicted molar refractivity (Wildman–Crippen MR) is 134 cm³/mol. The van der Waals surface area contributed by atoms with E-state index in [2.05, 4.69) is 80.6 Å². The molecule has 7 atom stereocenters. The molecule has 3 aliphatic rings. The molecule has 3 fully saturated rings. The molecule has 172 valence electrons. The van der Waals surface area contributed by atoms with E-state index in [1.807, 2.05) is 0 Å². The molecular formula is C31H36O2. The molecule has 0 amide bonds. The summed E-state index contributed by atoms with van der Waals surface area (Å²) in [5.41, 5.74) is 2.51. The van der Waals surface area contributed by atoms with Gasteiger partial charge in [-0.3, -0.25) is 0 Å². The van der Waals surface area contributed by atoms with Gasteiger partial charge < -0.3 is 9.47 Å².